The monoisotopic (exact) mass is 606 g/mol. The van der Waals surface area contributed by atoms with Crippen molar-refractivity contribution in [3.63, 3.8) is 0 Å². The number of carbonyl (C=O) groups excluding carboxylic acids is 1. The fourth-order valence-corrected chi connectivity index (χ4v) is 5.50. The minimum absolute atomic E-state index is 0.0135. The third-order valence-corrected chi connectivity index (χ3v) is 8.56. The van der Waals surface area contributed by atoms with Gasteiger partial charge in [-0.25, -0.2) is 0 Å². The average molecular weight is 607 g/mol. The zero-order valence-electron chi connectivity index (χ0n) is 27.5. The number of carbonyl (C=O) groups is 1. The van der Waals surface area contributed by atoms with Crippen molar-refractivity contribution < 1.29 is 32.9 Å². The smallest absolute Gasteiger partial charge is 0.268 e. The van der Waals surface area contributed by atoms with Crippen LogP contribution in [0.25, 0.3) is 0 Å². The second-order valence-electron chi connectivity index (χ2n) is 12.9. The Kier molecular flexibility index (Phi) is 25.6. The summed E-state index contributed by atoms with van der Waals surface area (Å²) in [6.07, 6.45) is 23.5. The highest BCUT2D eigenvalue weighted by molar-refractivity contribution is 7.45. The highest BCUT2D eigenvalue weighted by Gasteiger charge is 2.24. The van der Waals surface area contributed by atoms with E-state index in [0.29, 0.717) is 23.9 Å². The summed E-state index contributed by atoms with van der Waals surface area (Å²) in [5.74, 6) is -0.200. The lowest BCUT2D eigenvalue weighted by Gasteiger charge is -2.30. The number of quaternary nitrogens is 1. The van der Waals surface area contributed by atoms with Crippen LogP contribution in [0.3, 0.4) is 0 Å². The zero-order valence-corrected chi connectivity index (χ0v) is 28.4. The summed E-state index contributed by atoms with van der Waals surface area (Å²) in [6, 6.07) is -0.787. The molecule has 9 heteroatoms. The van der Waals surface area contributed by atoms with Gasteiger partial charge in [-0.15, -0.1) is 0 Å². The Morgan fingerprint density at radius 1 is 0.756 bits per heavy atom. The van der Waals surface area contributed by atoms with E-state index in [-0.39, 0.29) is 19.1 Å². The third-order valence-electron chi connectivity index (χ3n) is 7.60. The fourth-order valence-electron chi connectivity index (χ4n) is 4.78. The second-order valence-corrected chi connectivity index (χ2v) is 14.3. The largest absolute Gasteiger partial charge is 0.756 e. The molecule has 0 fully saturated rings. The van der Waals surface area contributed by atoms with E-state index in [1.54, 1.807) is 0 Å². The number of likely N-dealkylation sites (N-methyl/N-ethyl adjacent to an activating group) is 1. The lowest BCUT2D eigenvalue weighted by Crippen LogP contribution is -2.46. The Morgan fingerprint density at radius 3 is 1.63 bits per heavy atom. The molecule has 0 aromatic heterocycles. The van der Waals surface area contributed by atoms with Gasteiger partial charge in [0.05, 0.1) is 39.9 Å². The number of nitrogens with zero attached hydrogens (tertiary/aromatic N) is 1. The van der Waals surface area contributed by atoms with Crippen LogP contribution >= 0.6 is 7.82 Å². The van der Waals surface area contributed by atoms with Gasteiger partial charge < -0.3 is 28.8 Å². The predicted molar refractivity (Wildman–Crippen MR) is 169 cm³/mol. The molecular weight excluding hydrogens is 539 g/mol. The molecule has 3 unspecified atom stereocenters. The Balaban J connectivity index is 4.12. The van der Waals surface area contributed by atoms with E-state index in [0.717, 1.165) is 32.1 Å². The minimum atomic E-state index is -4.52. The molecule has 0 heterocycles. The van der Waals surface area contributed by atoms with Gasteiger partial charge in [0, 0.05) is 6.42 Å². The first-order chi connectivity index (χ1) is 19.5. The van der Waals surface area contributed by atoms with Gasteiger partial charge in [0.25, 0.3) is 7.82 Å². The molecule has 41 heavy (non-hydrogen) atoms. The van der Waals surface area contributed by atoms with Crippen LogP contribution in [0.2, 0.25) is 0 Å². The summed E-state index contributed by atoms with van der Waals surface area (Å²) in [5.41, 5.74) is 0. The van der Waals surface area contributed by atoms with Gasteiger partial charge >= 0.3 is 0 Å². The Labute approximate surface area is 253 Å². The topological polar surface area (TPSA) is 108 Å². The highest BCUT2D eigenvalue weighted by atomic mass is 31.2. The number of phosphoric ester groups is 1. The van der Waals surface area contributed by atoms with Crippen molar-refractivity contribution in [2.45, 2.75) is 161 Å². The van der Waals surface area contributed by atoms with Gasteiger partial charge in [0.15, 0.2) is 0 Å². The van der Waals surface area contributed by atoms with Crippen molar-refractivity contribution in [3.8, 4) is 0 Å². The molecule has 0 bridgehead atoms. The van der Waals surface area contributed by atoms with E-state index in [1.165, 1.54) is 89.9 Å². The van der Waals surface area contributed by atoms with E-state index in [9.17, 15) is 19.4 Å². The molecule has 0 saturated carbocycles. The SMILES string of the molecule is CCCCCCCCCCCCCCCCCCCC(O)C(COP(=O)([O-])OCC[N+](C)(C)C)NC(=O)CCCC. The lowest BCUT2D eigenvalue weighted by atomic mass is 10.0. The number of hydrogen-bond acceptors (Lipinski definition) is 6. The fraction of sp³-hybridized carbons (Fsp3) is 0.969. The van der Waals surface area contributed by atoms with E-state index in [1.807, 2.05) is 28.1 Å². The number of hydrogen-bond donors (Lipinski definition) is 2. The molecule has 0 aromatic carbocycles. The van der Waals surface area contributed by atoms with Gasteiger partial charge in [-0.2, -0.15) is 0 Å². The number of phosphoric acid groups is 1. The number of rotatable bonds is 30. The van der Waals surface area contributed by atoms with Crippen molar-refractivity contribution in [2.75, 3.05) is 40.9 Å². The summed E-state index contributed by atoms with van der Waals surface area (Å²) >= 11 is 0. The van der Waals surface area contributed by atoms with Crippen molar-refractivity contribution in [2.24, 2.45) is 0 Å². The summed E-state index contributed by atoms with van der Waals surface area (Å²) < 4.78 is 22.8. The maximum Gasteiger partial charge on any atom is 0.268 e. The van der Waals surface area contributed by atoms with Crippen LogP contribution in [0.4, 0.5) is 0 Å². The van der Waals surface area contributed by atoms with Gasteiger partial charge in [0.1, 0.15) is 13.2 Å². The van der Waals surface area contributed by atoms with Crippen molar-refractivity contribution in [1.29, 1.82) is 0 Å². The first-order valence-electron chi connectivity index (χ1n) is 16.9. The molecule has 0 aliphatic carbocycles. The molecule has 0 spiro atoms. The molecule has 0 saturated heterocycles. The van der Waals surface area contributed by atoms with Crippen molar-refractivity contribution >= 4 is 13.7 Å². The quantitative estimate of drug-likeness (QED) is 0.0506. The predicted octanol–water partition coefficient (Wildman–Crippen LogP) is 7.27. The van der Waals surface area contributed by atoms with Crippen LogP contribution in [0.15, 0.2) is 0 Å². The van der Waals surface area contributed by atoms with Gasteiger partial charge in [0.2, 0.25) is 5.91 Å². The standard InChI is InChI=1S/C32H67N2O6P/c1-6-8-10-11-12-13-14-15-16-17-18-19-20-21-22-23-24-25-31(35)30(33-32(36)26-9-7-2)29-40-41(37,38)39-28-27-34(3,4)5/h30-31,35H,6-29H2,1-5H3,(H-,33,36,37,38). The molecule has 8 nitrogen and oxygen atoms in total. The summed E-state index contributed by atoms with van der Waals surface area (Å²) in [5, 5.41) is 13.5. The highest BCUT2D eigenvalue weighted by Crippen LogP contribution is 2.38. The number of aliphatic hydroxyl groups is 1. The molecule has 0 aliphatic heterocycles. The normalized spacial score (nSPS) is 15.0. The number of amides is 1. The minimum Gasteiger partial charge on any atom is -0.756 e. The van der Waals surface area contributed by atoms with Gasteiger partial charge in [-0.1, -0.05) is 129 Å². The second kappa shape index (κ2) is 25.9. The Hall–Kier alpha value is -0.500. The number of aliphatic hydroxyl groups excluding tert-OH is 1. The van der Waals surface area contributed by atoms with Crippen LogP contribution in [-0.2, 0) is 18.4 Å². The van der Waals surface area contributed by atoms with Crippen molar-refractivity contribution in [3.05, 3.63) is 0 Å². The summed E-state index contributed by atoms with van der Waals surface area (Å²) in [6.45, 7) is 4.46. The van der Waals surface area contributed by atoms with E-state index in [2.05, 4.69) is 12.2 Å². The number of nitrogens with one attached hydrogen (secondary N) is 1. The van der Waals surface area contributed by atoms with E-state index < -0.39 is 20.0 Å². The van der Waals surface area contributed by atoms with Crippen LogP contribution in [0.5, 0.6) is 0 Å². The molecule has 1 amide bonds. The maximum absolute atomic E-state index is 12.3. The summed E-state index contributed by atoms with van der Waals surface area (Å²) in [7, 11) is 1.30. The molecule has 2 N–H and O–H groups in total. The molecule has 3 atom stereocenters. The first kappa shape index (κ1) is 40.5. The van der Waals surface area contributed by atoms with Crippen LogP contribution in [0, 0.1) is 0 Å². The maximum atomic E-state index is 12.3. The van der Waals surface area contributed by atoms with Crippen LogP contribution in [0.1, 0.15) is 149 Å². The van der Waals surface area contributed by atoms with Gasteiger partial charge in [-0.3, -0.25) is 9.36 Å². The van der Waals surface area contributed by atoms with E-state index in [4.69, 9.17) is 9.05 Å². The summed E-state index contributed by atoms with van der Waals surface area (Å²) in [4.78, 5) is 24.5. The lowest BCUT2D eigenvalue weighted by molar-refractivity contribution is -0.870. The number of unbranched alkanes of at least 4 members (excludes halogenated alkanes) is 17. The van der Waals surface area contributed by atoms with Crippen molar-refractivity contribution in [1.82, 2.24) is 5.32 Å². The third kappa shape index (κ3) is 28.1. The first-order valence-corrected chi connectivity index (χ1v) is 18.3. The van der Waals surface area contributed by atoms with Crippen LogP contribution < -0.4 is 10.2 Å². The Morgan fingerprint density at radius 2 is 1.20 bits per heavy atom. The molecule has 0 aliphatic rings. The molecule has 0 rings (SSSR count). The average Bonchev–Trinajstić information content (AvgIpc) is 2.90. The Bertz CT molecular complexity index is 659. The van der Waals surface area contributed by atoms with Crippen LogP contribution in [-0.4, -0.2) is 68.5 Å². The van der Waals surface area contributed by atoms with E-state index >= 15 is 0 Å². The van der Waals surface area contributed by atoms with Gasteiger partial charge in [-0.05, 0) is 12.8 Å². The molecule has 0 radical (unpaired) electrons. The molecule has 246 valence electrons. The zero-order chi connectivity index (χ0) is 30.8. The molecular formula is C32H67N2O6P. The molecule has 0 aromatic rings.